The molecule has 0 heterocycles. The first-order valence-corrected chi connectivity index (χ1v) is 3.30. The zero-order valence-electron chi connectivity index (χ0n) is 5.84. The molecule has 0 unspecified atom stereocenters. The lowest BCUT2D eigenvalue weighted by molar-refractivity contribution is 0.408. The maximum absolute atomic E-state index is 12.6. The molecule has 13 heavy (non-hydrogen) atoms. The van der Waals surface area contributed by atoms with Crippen molar-refractivity contribution in [3.63, 3.8) is 0 Å². The van der Waals surface area contributed by atoms with Crippen LogP contribution in [0.4, 0.5) is 17.6 Å². The first-order valence-electron chi connectivity index (χ1n) is 2.92. The quantitative estimate of drug-likeness (QED) is 0.366. The van der Waals surface area contributed by atoms with Crippen LogP contribution >= 0.6 is 11.6 Å². The predicted octanol–water partition coefficient (Wildman–Crippen LogP) is 2.77. The molecule has 0 saturated heterocycles. The number of hydrogen-bond donors (Lipinski definition) is 0. The van der Waals surface area contributed by atoms with Gasteiger partial charge in [-0.05, 0) is 0 Å². The van der Waals surface area contributed by atoms with Crippen LogP contribution in [-0.4, -0.2) is 0 Å². The number of nitriles is 1. The zero-order chi connectivity index (χ0) is 10.2. The standard InChI is InChI=1S/C7ClF4N/c8-3-2(1-13)4(9)6(11)7(12)5(3)10. The van der Waals surface area contributed by atoms with E-state index in [1.807, 2.05) is 0 Å². The third-order valence-electron chi connectivity index (χ3n) is 1.32. The largest absolute Gasteiger partial charge is 0.202 e. The van der Waals surface area contributed by atoms with Crippen LogP contribution in [0, 0.1) is 34.6 Å². The molecule has 0 radical (unpaired) electrons. The van der Waals surface area contributed by atoms with Gasteiger partial charge in [0.15, 0.2) is 23.3 Å². The van der Waals surface area contributed by atoms with Crippen molar-refractivity contribution in [3.8, 4) is 6.07 Å². The van der Waals surface area contributed by atoms with Crippen LogP contribution in [0.3, 0.4) is 0 Å². The van der Waals surface area contributed by atoms with Crippen LogP contribution in [0.2, 0.25) is 5.02 Å². The second-order valence-corrected chi connectivity index (χ2v) is 2.43. The van der Waals surface area contributed by atoms with Crippen molar-refractivity contribution in [2.24, 2.45) is 0 Å². The average molecular weight is 210 g/mol. The highest BCUT2D eigenvalue weighted by atomic mass is 35.5. The Morgan fingerprint density at radius 1 is 0.923 bits per heavy atom. The summed E-state index contributed by atoms with van der Waals surface area (Å²) in [6.45, 7) is 0. The van der Waals surface area contributed by atoms with Gasteiger partial charge in [-0.25, -0.2) is 17.6 Å². The van der Waals surface area contributed by atoms with Crippen molar-refractivity contribution in [3.05, 3.63) is 33.9 Å². The Kier molecular flexibility index (Phi) is 2.43. The van der Waals surface area contributed by atoms with Crippen molar-refractivity contribution >= 4 is 11.6 Å². The second kappa shape index (κ2) is 3.23. The minimum atomic E-state index is -2.04. The lowest BCUT2D eigenvalue weighted by atomic mass is 10.2. The summed E-state index contributed by atoms with van der Waals surface area (Å²) in [4.78, 5) is 0. The van der Waals surface area contributed by atoms with Crippen LogP contribution in [0.1, 0.15) is 5.56 Å². The van der Waals surface area contributed by atoms with E-state index in [-0.39, 0.29) is 0 Å². The van der Waals surface area contributed by atoms with Crippen LogP contribution in [0.25, 0.3) is 0 Å². The van der Waals surface area contributed by atoms with Crippen molar-refractivity contribution in [1.29, 1.82) is 5.26 Å². The molecule has 0 spiro atoms. The highest BCUT2D eigenvalue weighted by molar-refractivity contribution is 6.31. The van der Waals surface area contributed by atoms with Crippen LogP contribution < -0.4 is 0 Å². The van der Waals surface area contributed by atoms with Gasteiger partial charge in [0, 0.05) is 0 Å². The lowest BCUT2D eigenvalue weighted by Crippen LogP contribution is -2.00. The van der Waals surface area contributed by atoms with Gasteiger partial charge in [-0.2, -0.15) is 5.26 Å². The lowest BCUT2D eigenvalue weighted by Gasteiger charge is -2.01. The molecule has 1 nitrogen and oxygen atoms in total. The summed E-state index contributed by atoms with van der Waals surface area (Å²) >= 11 is 5.03. The van der Waals surface area contributed by atoms with Gasteiger partial charge < -0.3 is 0 Å². The molecular formula is C7ClF4N. The Morgan fingerprint density at radius 2 is 1.38 bits per heavy atom. The van der Waals surface area contributed by atoms with Gasteiger partial charge >= 0.3 is 0 Å². The van der Waals surface area contributed by atoms with E-state index in [1.165, 1.54) is 0 Å². The van der Waals surface area contributed by atoms with E-state index in [1.54, 1.807) is 0 Å². The second-order valence-electron chi connectivity index (χ2n) is 2.06. The first-order chi connectivity index (χ1) is 6.00. The normalized spacial score (nSPS) is 9.85. The number of halogens is 5. The summed E-state index contributed by atoms with van der Waals surface area (Å²) in [6, 6.07) is 1.12. The Balaban J connectivity index is 3.69. The molecule has 0 aliphatic heterocycles. The summed E-state index contributed by atoms with van der Waals surface area (Å²) in [5, 5.41) is 7.15. The van der Waals surface area contributed by atoms with E-state index in [0.29, 0.717) is 0 Å². The molecule has 6 heteroatoms. The van der Waals surface area contributed by atoms with E-state index >= 15 is 0 Å². The zero-order valence-corrected chi connectivity index (χ0v) is 6.59. The Bertz CT molecular complexity index is 381. The van der Waals surface area contributed by atoms with Gasteiger partial charge in [-0.3, -0.25) is 0 Å². The van der Waals surface area contributed by atoms with Gasteiger partial charge in [-0.15, -0.1) is 0 Å². The van der Waals surface area contributed by atoms with E-state index in [4.69, 9.17) is 16.9 Å². The van der Waals surface area contributed by atoms with Crippen molar-refractivity contribution in [1.82, 2.24) is 0 Å². The molecule has 0 bridgehead atoms. The third kappa shape index (κ3) is 1.33. The van der Waals surface area contributed by atoms with Crippen molar-refractivity contribution < 1.29 is 17.6 Å². The first kappa shape index (κ1) is 9.81. The number of hydrogen-bond acceptors (Lipinski definition) is 1. The monoisotopic (exact) mass is 209 g/mol. The Morgan fingerprint density at radius 3 is 1.85 bits per heavy atom. The maximum atomic E-state index is 12.6. The maximum Gasteiger partial charge on any atom is 0.199 e. The van der Waals surface area contributed by atoms with Gasteiger partial charge in [-0.1, -0.05) is 11.6 Å². The van der Waals surface area contributed by atoms with Crippen LogP contribution in [-0.2, 0) is 0 Å². The molecule has 1 aromatic carbocycles. The molecule has 0 fully saturated rings. The van der Waals surface area contributed by atoms with Crippen molar-refractivity contribution in [2.45, 2.75) is 0 Å². The number of benzene rings is 1. The summed E-state index contributed by atoms with van der Waals surface area (Å²) < 4.78 is 50.0. The third-order valence-corrected chi connectivity index (χ3v) is 1.68. The van der Waals surface area contributed by atoms with Gasteiger partial charge in [0.25, 0.3) is 0 Å². The molecule has 0 aliphatic carbocycles. The average Bonchev–Trinajstić information content (AvgIpc) is 2.13. The highest BCUT2D eigenvalue weighted by Crippen LogP contribution is 2.27. The van der Waals surface area contributed by atoms with Crippen LogP contribution in [0.15, 0.2) is 0 Å². The predicted molar refractivity (Wildman–Crippen MR) is 36.0 cm³/mol. The molecule has 68 valence electrons. The summed E-state index contributed by atoms with van der Waals surface area (Å²) in [5.41, 5.74) is -1.04. The number of nitrogens with zero attached hydrogens (tertiary/aromatic N) is 1. The smallest absolute Gasteiger partial charge is 0.199 e. The van der Waals surface area contributed by atoms with E-state index < -0.39 is 33.9 Å². The molecule has 0 N–H and O–H groups in total. The van der Waals surface area contributed by atoms with Gasteiger partial charge in [0.1, 0.15) is 16.7 Å². The van der Waals surface area contributed by atoms with Gasteiger partial charge in [0.2, 0.25) is 0 Å². The Labute approximate surface area is 75.2 Å². The molecule has 1 aromatic rings. The van der Waals surface area contributed by atoms with Gasteiger partial charge in [0.05, 0.1) is 0 Å². The summed E-state index contributed by atoms with van der Waals surface area (Å²) in [7, 11) is 0. The molecule has 0 aliphatic rings. The number of rotatable bonds is 0. The molecule has 0 aromatic heterocycles. The summed E-state index contributed by atoms with van der Waals surface area (Å²) in [5.74, 6) is -7.62. The van der Waals surface area contributed by atoms with E-state index in [2.05, 4.69) is 0 Å². The highest BCUT2D eigenvalue weighted by Gasteiger charge is 2.23. The SMILES string of the molecule is N#Cc1c(F)c(F)c(F)c(F)c1Cl. The molecular weight excluding hydrogens is 210 g/mol. The van der Waals surface area contributed by atoms with Crippen molar-refractivity contribution in [2.75, 3.05) is 0 Å². The summed E-state index contributed by atoms with van der Waals surface area (Å²) in [6.07, 6.45) is 0. The van der Waals surface area contributed by atoms with E-state index in [9.17, 15) is 17.6 Å². The fourth-order valence-electron chi connectivity index (χ4n) is 0.703. The fraction of sp³-hybridized carbons (Fsp3) is 0. The minimum absolute atomic E-state index is 1.04. The van der Waals surface area contributed by atoms with E-state index in [0.717, 1.165) is 6.07 Å². The Hall–Kier alpha value is -1.28. The fourth-order valence-corrected chi connectivity index (χ4v) is 0.911. The molecule has 0 saturated carbocycles. The molecule has 1 rings (SSSR count). The van der Waals surface area contributed by atoms with Crippen LogP contribution in [0.5, 0.6) is 0 Å². The topological polar surface area (TPSA) is 23.8 Å². The molecule has 0 amide bonds. The molecule has 0 atom stereocenters. The minimum Gasteiger partial charge on any atom is -0.202 e.